The lowest BCUT2D eigenvalue weighted by molar-refractivity contribution is -0.185. The number of benzene rings is 3. The Labute approximate surface area is 215 Å². The standard InChI is InChI=1S/C32H40F2O2/c1-4-7-8-11-24-13-16-28(17-14-24)32(33,34)36-29-18-20-31(27(6-3)23-29)30-19-15-25(12-9-10-21-35)22-26(30)5-2/h13-20,22-23,35H,4-12,21H2,1-3H3. The second-order valence-electron chi connectivity index (χ2n) is 9.47. The van der Waals surface area contributed by atoms with Gasteiger partial charge in [-0.3, -0.25) is 0 Å². The van der Waals surface area contributed by atoms with Gasteiger partial charge in [0.2, 0.25) is 0 Å². The number of alkyl halides is 2. The van der Waals surface area contributed by atoms with Crippen molar-refractivity contribution in [2.45, 2.75) is 84.7 Å². The highest BCUT2D eigenvalue weighted by molar-refractivity contribution is 5.72. The van der Waals surface area contributed by atoms with Gasteiger partial charge in [-0.15, -0.1) is 0 Å². The molecule has 0 bridgehead atoms. The highest BCUT2D eigenvalue weighted by atomic mass is 19.3. The van der Waals surface area contributed by atoms with Crippen LogP contribution in [0, 0.1) is 0 Å². The zero-order valence-electron chi connectivity index (χ0n) is 22.0. The molecule has 3 rings (SSSR count). The number of aryl methyl sites for hydroxylation is 4. The zero-order valence-corrected chi connectivity index (χ0v) is 22.0. The van der Waals surface area contributed by atoms with Crippen molar-refractivity contribution in [3.8, 4) is 16.9 Å². The van der Waals surface area contributed by atoms with Crippen LogP contribution in [0.4, 0.5) is 8.78 Å². The highest BCUT2D eigenvalue weighted by Crippen LogP contribution is 2.36. The summed E-state index contributed by atoms with van der Waals surface area (Å²) < 4.78 is 35.2. The van der Waals surface area contributed by atoms with Crippen LogP contribution in [0.3, 0.4) is 0 Å². The van der Waals surface area contributed by atoms with E-state index in [1.807, 2.05) is 13.0 Å². The van der Waals surface area contributed by atoms with Crippen molar-refractivity contribution in [3.05, 3.63) is 88.5 Å². The first-order valence-electron chi connectivity index (χ1n) is 13.4. The SMILES string of the molecule is CCCCCc1ccc(C(F)(F)Oc2ccc(-c3ccc(CCCCO)cc3CC)c(CC)c2)cc1. The minimum Gasteiger partial charge on any atom is -0.429 e. The zero-order chi connectivity index (χ0) is 26.0. The van der Waals surface area contributed by atoms with Gasteiger partial charge in [-0.2, -0.15) is 8.78 Å². The maximum atomic E-state index is 15.0. The molecule has 0 aliphatic carbocycles. The summed E-state index contributed by atoms with van der Waals surface area (Å²) in [6.45, 7) is 6.54. The molecule has 2 nitrogen and oxygen atoms in total. The summed E-state index contributed by atoms with van der Waals surface area (Å²) in [5.41, 5.74) is 6.63. The minimum absolute atomic E-state index is 0.131. The molecule has 36 heavy (non-hydrogen) atoms. The number of aliphatic hydroxyl groups excluding tert-OH is 1. The fourth-order valence-corrected chi connectivity index (χ4v) is 4.64. The van der Waals surface area contributed by atoms with E-state index in [-0.39, 0.29) is 17.9 Å². The topological polar surface area (TPSA) is 29.5 Å². The smallest absolute Gasteiger partial charge is 0.426 e. The van der Waals surface area contributed by atoms with Crippen molar-refractivity contribution < 1.29 is 18.6 Å². The molecule has 0 aromatic heterocycles. The van der Waals surface area contributed by atoms with Crippen LogP contribution in [0.1, 0.15) is 80.7 Å². The first-order valence-corrected chi connectivity index (χ1v) is 13.4. The molecule has 0 atom stereocenters. The molecule has 0 fully saturated rings. The third-order valence-corrected chi connectivity index (χ3v) is 6.78. The molecule has 0 radical (unpaired) electrons. The first-order chi connectivity index (χ1) is 17.4. The lowest BCUT2D eigenvalue weighted by Crippen LogP contribution is -2.22. The molecule has 0 unspecified atom stereocenters. The molecule has 0 saturated heterocycles. The Bertz CT molecular complexity index is 1090. The van der Waals surface area contributed by atoms with Crippen LogP contribution in [0.2, 0.25) is 0 Å². The average molecular weight is 495 g/mol. The molecule has 3 aromatic carbocycles. The van der Waals surface area contributed by atoms with Gasteiger partial charge in [0.1, 0.15) is 5.75 Å². The highest BCUT2D eigenvalue weighted by Gasteiger charge is 2.34. The second-order valence-corrected chi connectivity index (χ2v) is 9.47. The molecule has 194 valence electrons. The van der Waals surface area contributed by atoms with E-state index >= 15 is 0 Å². The Hall–Kier alpha value is -2.72. The van der Waals surface area contributed by atoms with Crippen LogP contribution < -0.4 is 4.74 Å². The molecule has 0 saturated carbocycles. The largest absolute Gasteiger partial charge is 0.429 e. The normalized spacial score (nSPS) is 11.6. The summed E-state index contributed by atoms with van der Waals surface area (Å²) in [6.07, 6.45) is 5.16. The predicted octanol–water partition coefficient (Wildman–Crippen LogP) is 8.65. The van der Waals surface area contributed by atoms with Gasteiger partial charge < -0.3 is 9.84 Å². The van der Waals surface area contributed by atoms with E-state index in [9.17, 15) is 8.78 Å². The Morgan fingerprint density at radius 2 is 1.28 bits per heavy atom. The molecule has 4 heteroatoms. The number of halogens is 2. The Morgan fingerprint density at radius 3 is 1.92 bits per heavy atom. The molecule has 0 aliphatic rings. The van der Waals surface area contributed by atoms with Gasteiger partial charge in [0.05, 0.1) is 5.56 Å². The van der Waals surface area contributed by atoms with Gasteiger partial charge in [-0.1, -0.05) is 70.0 Å². The molecular weight excluding hydrogens is 454 g/mol. The van der Waals surface area contributed by atoms with Crippen LogP contribution in [-0.2, 0) is 31.8 Å². The quantitative estimate of drug-likeness (QED) is 0.227. The second kappa shape index (κ2) is 13.5. The van der Waals surface area contributed by atoms with E-state index < -0.39 is 6.11 Å². The first kappa shape index (κ1) is 27.9. The minimum atomic E-state index is -3.40. The molecule has 0 aliphatic heterocycles. The summed E-state index contributed by atoms with van der Waals surface area (Å²) in [5, 5.41) is 9.04. The molecular formula is C32H40F2O2. The maximum Gasteiger partial charge on any atom is 0.426 e. The van der Waals surface area contributed by atoms with E-state index in [0.717, 1.165) is 73.6 Å². The van der Waals surface area contributed by atoms with Crippen molar-refractivity contribution in [1.29, 1.82) is 0 Å². The number of hydrogen-bond acceptors (Lipinski definition) is 2. The number of aliphatic hydroxyl groups is 1. The molecule has 0 amide bonds. The Morgan fingerprint density at radius 1 is 0.694 bits per heavy atom. The number of unbranched alkanes of at least 4 members (excludes halogenated alkanes) is 3. The monoisotopic (exact) mass is 494 g/mol. The number of ether oxygens (including phenoxy) is 1. The van der Waals surface area contributed by atoms with Crippen molar-refractivity contribution in [3.63, 3.8) is 0 Å². The fraction of sp³-hybridized carbons (Fsp3) is 0.438. The van der Waals surface area contributed by atoms with Crippen molar-refractivity contribution in [1.82, 2.24) is 0 Å². The maximum absolute atomic E-state index is 15.0. The van der Waals surface area contributed by atoms with Gasteiger partial charge >= 0.3 is 6.11 Å². The summed E-state index contributed by atoms with van der Waals surface area (Å²) in [6, 6.07) is 18.3. The van der Waals surface area contributed by atoms with Gasteiger partial charge in [-0.25, -0.2) is 0 Å². The van der Waals surface area contributed by atoms with Crippen molar-refractivity contribution in [2.24, 2.45) is 0 Å². The van der Waals surface area contributed by atoms with Gasteiger partial charge in [0.25, 0.3) is 0 Å². The van der Waals surface area contributed by atoms with E-state index in [1.165, 1.54) is 23.3 Å². The Kier molecular flexibility index (Phi) is 10.5. The third kappa shape index (κ3) is 7.39. The lowest BCUT2D eigenvalue weighted by atomic mass is 9.91. The van der Waals surface area contributed by atoms with Crippen LogP contribution in [-0.4, -0.2) is 11.7 Å². The summed E-state index contributed by atoms with van der Waals surface area (Å²) >= 11 is 0. The third-order valence-electron chi connectivity index (χ3n) is 6.78. The number of hydrogen-bond donors (Lipinski definition) is 1. The summed E-state index contributed by atoms with van der Waals surface area (Å²) in [4.78, 5) is 0. The van der Waals surface area contributed by atoms with Crippen LogP contribution in [0.5, 0.6) is 5.75 Å². The fourth-order valence-electron chi connectivity index (χ4n) is 4.64. The summed E-state index contributed by atoms with van der Waals surface area (Å²) in [7, 11) is 0. The van der Waals surface area contributed by atoms with Gasteiger partial charge in [-0.05, 0) is 103 Å². The number of rotatable bonds is 14. The predicted molar refractivity (Wildman–Crippen MR) is 145 cm³/mol. The Balaban J connectivity index is 1.78. The van der Waals surface area contributed by atoms with Crippen molar-refractivity contribution >= 4 is 0 Å². The van der Waals surface area contributed by atoms with E-state index in [2.05, 4.69) is 32.0 Å². The van der Waals surface area contributed by atoms with Gasteiger partial charge in [0, 0.05) is 6.61 Å². The van der Waals surface area contributed by atoms with Gasteiger partial charge in [0.15, 0.2) is 0 Å². The summed E-state index contributed by atoms with van der Waals surface area (Å²) in [5.74, 6) is 0.172. The average Bonchev–Trinajstić information content (AvgIpc) is 2.89. The van der Waals surface area contributed by atoms with E-state index in [1.54, 1.807) is 24.3 Å². The van der Waals surface area contributed by atoms with Crippen LogP contribution in [0.25, 0.3) is 11.1 Å². The molecule has 3 aromatic rings. The van der Waals surface area contributed by atoms with E-state index in [4.69, 9.17) is 9.84 Å². The lowest BCUT2D eigenvalue weighted by Gasteiger charge is -2.20. The molecule has 0 spiro atoms. The van der Waals surface area contributed by atoms with Crippen LogP contribution in [0.15, 0.2) is 60.7 Å². The van der Waals surface area contributed by atoms with Crippen LogP contribution >= 0.6 is 0 Å². The van der Waals surface area contributed by atoms with E-state index in [0.29, 0.717) is 6.42 Å². The molecule has 0 heterocycles. The van der Waals surface area contributed by atoms with Crippen molar-refractivity contribution in [2.75, 3.05) is 6.61 Å². The molecule has 1 N–H and O–H groups in total.